The third-order valence-corrected chi connectivity index (χ3v) is 5.44. The number of piperidine rings is 1. The maximum absolute atomic E-state index is 11.6. The van der Waals surface area contributed by atoms with Crippen LogP contribution in [-0.4, -0.2) is 42.9 Å². The zero-order chi connectivity index (χ0) is 21.3. The molecule has 0 bridgehead atoms. The number of nitrogens with zero attached hydrogens (tertiary/aromatic N) is 4. The van der Waals surface area contributed by atoms with E-state index in [1.165, 1.54) is 0 Å². The monoisotopic (exact) mass is 406 g/mol. The van der Waals surface area contributed by atoms with Gasteiger partial charge in [0.15, 0.2) is 0 Å². The van der Waals surface area contributed by atoms with E-state index in [2.05, 4.69) is 39.5 Å². The number of aryl methyl sites for hydroxylation is 1. The first kappa shape index (κ1) is 20.0. The summed E-state index contributed by atoms with van der Waals surface area (Å²) in [6, 6.07) is 8.12. The largest absolute Gasteiger partial charge is 0.478 e. The van der Waals surface area contributed by atoms with Crippen molar-refractivity contribution in [2.75, 3.05) is 5.32 Å². The molecule has 2 aromatic heterocycles. The first-order valence-corrected chi connectivity index (χ1v) is 10.1. The molecule has 8 heteroatoms. The van der Waals surface area contributed by atoms with Gasteiger partial charge in [-0.25, -0.2) is 14.8 Å². The molecule has 0 amide bonds. The van der Waals surface area contributed by atoms with E-state index < -0.39 is 5.97 Å². The summed E-state index contributed by atoms with van der Waals surface area (Å²) in [5.74, 6) is -0.577. The van der Waals surface area contributed by atoms with Crippen molar-refractivity contribution in [2.24, 2.45) is 0 Å². The van der Waals surface area contributed by atoms with Crippen LogP contribution >= 0.6 is 0 Å². The van der Waals surface area contributed by atoms with Crippen molar-refractivity contribution in [3.8, 4) is 11.3 Å². The maximum Gasteiger partial charge on any atom is 0.336 e. The van der Waals surface area contributed by atoms with Gasteiger partial charge in [-0.1, -0.05) is 18.2 Å². The second kappa shape index (κ2) is 8.23. The lowest BCUT2D eigenvalue weighted by atomic mass is 9.95. The third-order valence-electron chi connectivity index (χ3n) is 5.44. The number of carboxylic acids is 1. The molecule has 0 spiro atoms. The number of aromatic carboxylic acids is 1. The molecule has 1 aromatic carbocycles. The Labute approximate surface area is 175 Å². The summed E-state index contributed by atoms with van der Waals surface area (Å²) < 4.78 is 2.00. The molecule has 3 N–H and O–H groups in total. The Bertz CT molecular complexity index is 1050. The topological polar surface area (TPSA) is 105 Å². The zero-order valence-corrected chi connectivity index (χ0v) is 17.3. The molecule has 2 unspecified atom stereocenters. The summed E-state index contributed by atoms with van der Waals surface area (Å²) in [7, 11) is 0. The fourth-order valence-corrected chi connectivity index (χ4v) is 4.13. The quantitative estimate of drug-likeness (QED) is 0.592. The van der Waals surface area contributed by atoms with E-state index in [0.29, 0.717) is 35.3 Å². The van der Waals surface area contributed by atoms with Crippen LogP contribution in [0, 0.1) is 6.92 Å². The number of benzene rings is 1. The molecular formula is C22H26N6O2. The van der Waals surface area contributed by atoms with Crippen LogP contribution in [0.5, 0.6) is 0 Å². The minimum Gasteiger partial charge on any atom is -0.478 e. The first-order valence-electron chi connectivity index (χ1n) is 10.1. The molecule has 156 valence electrons. The molecule has 1 saturated heterocycles. The van der Waals surface area contributed by atoms with Crippen LogP contribution in [0.1, 0.15) is 48.7 Å². The minimum absolute atomic E-state index is 0.215. The second-order valence-electron chi connectivity index (χ2n) is 8.00. The molecular weight excluding hydrogens is 380 g/mol. The highest BCUT2D eigenvalue weighted by molar-refractivity contribution is 5.95. The standard InChI is InChI=1S/C22H26N6O2/c1-13-10-23-22(27-20(13)18-6-4-5-7-19(18)21(29)30)26-16-11-24-28(12-16)17-8-14(2)25-15(3)9-17/h4-7,10-12,14-15,17,25H,8-9H2,1-3H3,(H,29,30)(H,23,26,27). The van der Waals surface area contributed by atoms with Crippen LogP contribution in [-0.2, 0) is 0 Å². The van der Waals surface area contributed by atoms with Gasteiger partial charge < -0.3 is 15.7 Å². The summed E-state index contributed by atoms with van der Waals surface area (Å²) in [6.07, 6.45) is 7.50. The normalized spacial score (nSPS) is 21.4. The van der Waals surface area contributed by atoms with Gasteiger partial charge in [0.1, 0.15) is 0 Å². The summed E-state index contributed by atoms with van der Waals surface area (Å²) in [5, 5.41) is 20.8. The molecule has 30 heavy (non-hydrogen) atoms. The van der Waals surface area contributed by atoms with Crippen molar-refractivity contribution in [3.63, 3.8) is 0 Å². The lowest BCUT2D eigenvalue weighted by Gasteiger charge is -2.32. The minimum atomic E-state index is -0.982. The second-order valence-corrected chi connectivity index (χ2v) is 8.00. The SMILES string of the molecule is Cc1cnc(Nc2cnn(C3CC(C)NC(C)C3)c2)nc1-c1ccccc1C(=O)O. The Morgan fingerprint density at radius 2 is 1.93 bits per heavy atom. The number of nitrogens with one attached hydrogen (secondary N) is 2. The van der Waals surface area contributed by atoms with E-state index in [1.807, 2.05) is 23.9 Å². The molecule has 0 saturated carbocycles. The number of hydrogen-bond donors (Lipinski definition) is 3. The number of aromatic nitrogens is 4. The Balaban J connectivity index is 1.58. The fraction of sp³-hybridized carbons (Fsp3) is 0.364. The molecule has 3 aromatic rings. The molecule has 2 atom stereocenters. The van der Waals surface area contributed by atoms with Gasteiger partial charge >= 0.3 is 5.97 Å². The summed E-state index contributed by atoms with van der Waals surface area (Å²) >= 11 is 0. The van der Waals surface area contributed by atoms with E-state index in [1.54, 1.807) is 30.6 Å². The van der Waals surface area contributed by atoms with Crippen LogP contribution in [0.2, 0.25) is 0 Å². The number of hydrogen-bond acceptors (Lipinski definition) is 6. The smallest absolute Gasteiger partial charge is 0.336 e. The molecule has 1 fully saturated rings. The summed E-state index contributed by atoms with van der Waals surface area (Å²) in [6.45, 7) is 6.26. The molecule has 8 nitrogen and oxygen atoms in total. The number of rotatable bonds is 5. The van der Waals surface area contributed by atoms with Gasteiger partial charge in [0.2, 0.25) is 5.95 Å². The van der Waals surface area contributed by atoms with Crippen LogP contribution in [0.15, 0.2) is 42.9 Å². The van der Waals surface area contributed by atoms with E-state index in [0.717, 1.165) is 24.1 Å². The van der Waals surface area contributed by atoms with Crippen LogP contribution in [0.3, 0.4) is 0 Å². The third kappa shape index (κ3) is 4.18. The van der Waals surface area contributed by atoms with E-state index in [4.69, 9.17) is 0 Å². The lowest BCUT2D eigenvalue weighted by molar-refractivity contribution is 0.0697. The summed E-state index contributed by atoms with van der Waals surface area (Å²) in [5.41, 5.74) is 2.99. The average molecular weight is 406 g/mol. The Kier molecular flexibility index (Phi) is 5.50. The predicted octanol–water partition coefficient (Wildman–Crippen LogP) is 3.79. The maximum atomic E-state index is 11.6. The molecule has 0 aliphatic carbocycles. The van der Waals surface area contributed by atoms with Gasteiger partial charge in [-0.3, -0.25) is 4.68 Å². The van der Waals surface area contributed by atoms with Crippen molar-refractivity contribution < 1.29 is 9.90 Å². The molecule has 1 aliphatic heterocycles. The fourth-order valence-electron chi connectivity index (χ4n) is 4.13. The van der Waals surface area contributed by atoms with Gasteiger partial charge in [0.05, 0.1) is 29.2 Å². The Morgan fingerprint density at radius 3 is 2.67 bits per heavy atom. The van der Waals surface area contributed by atoms with Crippen molar-refractivity contribution >= 4 is 17.6 Å². The van der Waals surface area contributed by atoms with Crippen LogP contribution < -0.4 is 10.6 Å². The molecule has 4 rings (SSSR count). The molecule has 3 heterocycles. The Hall–Kier alpha value is -3.26. The van der Waals surface area contributed by atoms with Crippen LogP contribution in [0.4, 0.5) is 11.6 Å². The van der Waals surface area contributed by atoms with Crippen molar-refractivity contribution in [2.45, 2.75) is 51.7 Å². The van der Waals surface area contributed by atoms with Gasteiger partial charge in [-0.2, -0.15) is 5.10 Å². The lowest BCUT2D eigenvalue weighted by Crippen LogP contribution is -2.43. The highest BCUT2D eigenvalue weighted by Crippen LogP contribution is 2.28. The van der Waals surface area contributed by atoms with Gasteiger partial charge in [0, 0.05) is 30.0 Å². The van der Waals surface area contributed by atoms with Crippen molar-refractivity contribution in [3.05, 3.63) is 54.0 Å². The van der Waals surface area contributed by atoms with Gasteiger partial charge in [-0.15, -0.1) is 0 Å². The van der Waals surface area contributed by atoms with E-state index in [9.17, 15) is 9.90 Å². The number of anilines is 2. The average Bonchev–Trinajstić information content (AvgIpc) is 3.17. The van der Waals surface area contributed by atoms with Crippen molar-refractivity contribution in [1.29, 1.82) is 0 Å². The highest BCUT2D eigenvalue weighted by Gasteiger charge is 2.25. The molecule has 1 aliphatic rings. The number of carboxylic acid groups (broad SMARTS) is 1. The van der Waals surface area contributed by atoms with E-state index in [-0.39, 0.29) is 5.56 Å². The Morgan fingerprint density at radius 1 is 1.20 bits per heavy atom. The number of carbonyl (C=O) groups is 1. The van der Waals surface area contributed by atoms with Crippen molar-refractivity contribution in [1.82, 2.24) is 25.1 Å². The first-order chi connectivity index (χ1) is 14.4. The van der Waals surface area contributed by atoms with Gasteiger partial charge in [-0.05, 0) is 45.2 Å². The van der Waals surface area contributed by atoms with Crippen LogP contribution in [0.25, 0.3) is 11.3 Å². The van der Waals surface area contributed by atoms with Gasteiger partial charge in [0.25, 0.3) is 0 Å². The molecule has 0 radical (unpaired) electrons. The highest BCUT2D eigenvalue weighted by atomic mass is 16.4. The predicted molar refractivity (Wildman–Crippen MR) is 115 cm³/mol. The van der Waals surface area contributed by atoms with E-state index >= 15 is 0 Å². The zero-order valence-electron chi connectivity index (χ0n) is 17.3. The summed E-state index contributed by atoms with van der Waals surface area (Å²) in [4.78, 5) is 20.6.